The topological polar surface area (TPSA) is 98.0 Å². The molecule has 0 spiro atoms. The lowest BCUT2D eigenvalue weighted by atomic mass is 10.1. The molecule has 0 aliphatic carbocycles. The smallest absolute Gasteiger partial charge is 0.245 e. The predicted molar refractivity (Wildman–Crippen MR) is 97.3 cm³/mol. The zero-order valence-corrected chi connectivity index (χ0v) is 15.3. The number of hydrogen-bond acceptors (Lipinski definition) is 6. The minimum absolute atomic E-state index is 0.0636. The second-order valence-electron chi connectivity index (χ2n) is 6.28. The molecule has 0 aliphatic heterocycles. The van der Waals surface area contributed by atoms with E-state index in [0.29, 0.717) is 11.4 Å². The quantitative estimate of drug-likeness (QED) is 0.685. The number of nitrogens with one attached hydrogen (secondary N) is 1. The van der Waals surface area contributed by atoms with E-state index in [0.717, 1.165) is 5.56 Å². The average molecular weight is 372 g/mol. The van der Waals surface area contributed by atoms with Gasteiger partial charge in [-0.3, -0.25) is 4.98 Å². The van der Waals surface area contributed by atoms with Crippen molar-refractivity contribution in [3.05, 3.63) is 66.3 Å². The average Bonchev–Trinajstić information content (AvgIpc) is 3.10. The fraction of sp³-hybridized carbons (Fsp3) is 0.278. The van der Waals surface area contributed by atoms with Gasteiger partial charge in [-0.15, -0.1) is 0 Å². The fourth-order valence-electron chi connectivity index (χ4n) is 2.48. The van der Waals surface area contributed by atoms with Crippen molar-refractivity contribution < 1.29 is 12.9 Å². The first-order chi connectivity index (χ1) is 12.4. The number of aromatic nitrogens is 3. The number of pyridine rings is 1. The van der Waals surface area contributed by atoms with Gasteiger partial charge in [-0.25, -0.2) is 13.1 Å². The van der Waals surface area contributed by atoms with E-state index in [1.165, 1.54) is 0 Å². The van der Waals surface area contributed by atoms with E-state index >= 15 is 0 Å². The van der Waals surface area contributed by atoms with Crippen LogP contribution < -0.4 is 4.72 Å². The highest BCUT2D eigenvalue weighted by Crippen LogP contribution is 2.24. The molecule has 0 bridgehead atoms. The molecule has 1 aromatic carbocycles. The molecule has 0 saturated heterocycles. The first-order valence-corrected chi connectivity index (χ1v) is 9.88. The number of sulfonamides is 1. The number of benzene rings is 1. The van der Waals surface area contributed by atoms with Gasteiger partial charge >= 0.3 is 0 Å². The lowest BCUT2D eigenvalue weighted by Crippen LogP contribution is -2.33. The third-order valence-electron chi connectivity index (χ3n) is 3.82. The fourth-order valence-corrected chi connectivity index (χ4v) is 3.95. The van der Waals surface area contributed by atoms with E-state index in [1.807, 2.05) is 32.0 Å². The molecule has 7 nitrogen and oxygen atoms in total. The van der Waals surface area contributed by atoms with Crippen LogP contribution in [0.5, 0.6) is 0 Å². The third-order valence-corrected chi connectivity index (χ3v) is 5.15. The highest BCUT2D eigenvalue weighted by molar-refractivity contribution is 7.88. The van der Waals surface area contributed by atoms with Crippen molar-refractivity contribution in [2.45, 2.75) is 25.6 Å². The van der Waals surface area contributed by atoms with Crippen LogP contribution in [0.15, 0.2) is 59.4 Å². The number of hydrogen-bond donors (Lipinski definition) is 1. The zero-order chi connectivity index (χ0) is 18.6. The summed E-state index contributed by atoms with van der Waals surface area (Å²) >= 11 is 0. The lowest BCUT2D eigenvalue weighted by molar-refractivity contribution is 0.311. The van der Waals surface area contributed by atoms with Gasteiger partial charge < -0.3 is 4.52 Å². The van der Waals surface area contributed by atoms with Gasteiger partial charge in [-0.1, -0.05) is 49.3 Å². The Morgan fingerprint density at radius 1 is 1.08 bits per heavy atom. The Balaban J connectivity index is 1.80. The molecule has 0 amide bonds. The summed E-state index contributed by atoms with van der Waals surface area (Å²) in [5.74, 6) is 0.465. The molecule has 2 heterocycles. The summed E-state index contributed by atoms with van der Waals surface area (Å²) < 4.78 is 33.1. The molecule has 1 atom stereocenters. The van der Waals surface area contributed by atoms with Gasteiger partial charge in [0.25, 0.3) is 0 Å². The zero-order valence-electron chi connectivity index (χ0n) is 14.5. The second kappa shape index (κ2) is 7.76. The van der Waals surface area contributed by atoms with Gasteiger partial charge in [0.15, 0.2) is 0 Å². The Kier molecular flexibility index (Phi) is 5.43. The van der Waals surface area contributed by atoms with E-state index in [9.17, 15) is 8.42 Å². The molecular weight excluding hydrogens is 352 g/mol. The molecule has 0 aliphatic rings. The molecule has 0 fully saturated rings. The van der Waals surface area contributed by atoms with Crippen LogP contribution in [-0.4, -0.2) is 23.5 Å². The molecule has 26 heavy (non-hydrogen) atoms. The Morgan fingerprint density at radius 3 is 2.42 bits per heavy atom. The van der Waals surface area contributed by atoms with Crippen molar-refractivity contribution >= 4 is 10.0 Å². The highest BCUT2D eigenvalue weighted by Gasteiger charge is 2.28. The lowest BCUT2D eigenvalue weighted by Gasteiger charge is -2.18. The third kappa shape index (κ3) is 4.53. The summed E-state index contributed by atoms with van der Waals surface area (Å²) in [6.45, 7) is 3.79. The van der Waals surface area contributed by atoms with Gasteiger partial charge in [0.1, 0.15) is 6.04 Å². The molecule has 1 unspecified atom stereocenters. The van der Waals surface area contributed by atoms with Crippen molar-refractivity contribution in [2.24, 2.45) is 5.92 Å². The van der Waals surface area contributed by atoms with Gasteiger partial charge in [-0.05, 0) is 23.6 Å². The van der Waals surface area contributed by atoms with E-state index < -0.39 is 16.1 Å². The largest absolute Gasteiger partial charge is 0.337 e. The van der Waals surface area contributed by atoms with Crippen LogP contribution in [0.3, 0.4) is 0 Å². The Morgan fingerprint density at radius 2 is 1.77 bits per heavy atom. The van der Waals surface area contributed by atoms with Crippen LogP contribution >= 0.6 is 0 Å². The van der Waals surface area contributed by atoms with Gasteiger partial charge in [-0.2, -0.15) is 4.98 Å². The second-order valence-corrected chi connectivity index (χ2v) is 8.03. The van der Waals surface area contributed by atoms with Crippen molar-refractivity contribution in [3.63, 3.8) is 0 Å². The monoisotopic (exact) mass is 372 g/mol. The number of nitrogens with zero attached hydrogens (tertiary/aromatic N) is 3. The van der Waals surface area contributed by atoms with Gasteiger partial charge in [0.2, 0.25) is 21.7 Å². The summed E-state index contributed by atoms with van der Waals surface area (Å²) in [6.07, 6.45) is 3.27. The Labute approximate surface area is 152 Å². The first-order valence-electron chi connectivity index (χ1n) is 8.22. The molecular formula is C18H20N4O3S. The van der Waals surface area contributed by atoms with Crippen LogP contribution in [-0.2, 0) is 15.8 Å². The summed E-state index contributed by atoms with van der Waals surface area (Å²) in [5.41, 5.74) is 1.47. The Bertz CT molecular complexity index is 941. The van der Waals surface area contributed by atoms with Crippen LogP contribution in [0.25, 0.3) is 11.4 Å². The standard InChI is InChI=1S/C18H20N4O3S/c1-13(2)16(22-26(23,24)12-14-6-4-3-5-7-14)18-20-17(21-25-18)15-8-10-19-11-9-15/h3-11,13,16,22H,12H2,1-2H3. The molecule has 2 aromatic heterocycles. The van der Waals surface area contributed by atoms with E-state index in [4.69, 9.17) is 4.52 Å². The van der Waals surface area contributed by atoms with E-state index in [2.05, 4.69) is 19.8 Å². The van der Waals surface area contributed by atoms with Crippen molar-refractivity contribution in [2.75, 3.05) is 0 Å². The summed E-state index contributed by atoms with van der Waals surface area (Å²) in [6, 6.07) is 11.9. The molecule has 3 rings (SSSR count). The predicted octanol–water partition coefficient (Wildman–Crippen LogP) is 2.95. The van der Waals surface area contributed by atoms with Crippen molar-refractivity contribution in [1.82, 2.24) is 19.8 Å². The summed E-state index contributed by atoms with van der Waals surface area (Å²) in [4.78, 5) is 8.31. The minimum atomic E-state index is -3.57. The highest BCUT2D eigenvalue weighted by atomic mass is 32.2. The molecule has 0 radical (unpaired) electrons. The van der Waals surface area contributed by atoms with Gasteiger partial charge in [0, 0.05) is 18.0 Å². The maximum atomic E-state index is 12.6. The van der Waals surface area contributed by atoms with E-state index in [-0.39, 0.29) is 17.6 Å². The SMILES string of the molecule is CC(C)C(NS(=O)(=O)Cc1ccccc1)c1nc(-c2ccncc2)no1. The van der Waals surface area contributed by atoms with Crippen molar-refractivity contribution in [1.29, 1.82) is 0 Å². The molecule has 0 saturated carbocycles. The number of rotatable bonds is 7. The van der Waals surface area contributed by atoms with E-state index in [1.54, 1.807) is 36.7 Å². The van der Waals surface area contributed by atoms with Crippen LogP contribution in [0.1, 0.15) is 31.3 Å². The molecule has 3 aromatic rings. The summed E-state index contributed by atoms with van der Waals surface area (Å²) in [5, 5.41) is 3.96. The molecule has 1 N–H and O–H groups in total. The normalized spacial score (nSPS) is 13.0. The molecule has 136 valence electrons. The molecule has 8 heteroatoms. The van der Waals surface area contributed by atoms with Crippen LogP contribution in [0.2, 0.25) is 0 Å². The van der Waals surface area contributed by atoms with Crippen molar-refractivity contribution in [3.8, 4) is 11.4 Å². The van der Waals surface area contributed by atoms with Crippen LogP contribution in [0, 0.1) is 5.92 Å². The van der Waals surface area contributed by atoms with Gasteiger partial charge in [0.05, 0.1) is 5.75 Å². The minimum Gasteiger partial charge on any atom is -0.337 e. The maximum absolute atomic E-state index is 12.6. The Hall–Kier alpha value is -2.58. The first kappa shape index (κ1) is 18.2. The summed E-state index contributed by atoms with van der Waals surface area (Å²) in [7, 11) is -3.57. The maximum Gasteiger partial charge on any atom is 0.245 e. The van der Waals surface area contributed by atoms with Crippen LogP contribution in [0.4, 0.5) is 0 Å².